The summed E-state index contributed by atoms with van der Waals surface area (Å²) in [6.45, 7) is -0.0360. The Hall–Kier alpha value is -2.53. The Labute approximate surface area is 132 Å². The number of hydrogen-bond donors (Lipinski definition) is 1. The van der Waals surface area contributed by atoms with E-state index in [1.165, 1.54) is 25.3 Å². The summed E-state index contributed by atoms with van der Waals surface area (Å²) in [6, 6.07) is 10.7. The summed E-state index contributed by atoms with van der Waals surface area (Å²) in [4.78, 5) is 23.3. The van der Waals surface area contributed by atoms with Crippen LogP contribution in [0.25, 0.3) is 0 Å². The van der Waals surface area contributed by atoms with Gasteiger partial charge in [-0.1, -0.05) is 23.7 Å². The number of carbonyl (C=O) groups excluding carboxylic acids is 2. The molecule has 0 atom stereocenters. The number of benzene rings is 2. The molecular weight excluding hydrogens is 308 g/mol. The Kier molecular flexibility index (Phi) is 5.01. The van der Waals surface area contributed by atoms with Gasteiger partial charge in [0.05, 0.1) is 12.7 Å². The van der Waals surface area contributed by atoms with E-state index in [1.54, 1.807) is 24.3 Å². The summed E-state index contributed by atoms with van der Waals surface area (Å²) >= 11 is 5.70. The second kappa shape index (κ2) is 6.95. The number of methoxy groups -OCH3 is 1. The SMILES string of the molecule is COC(=O)c1cccc(COC(=O)c2ccc(Cl)cc2O)c1. The van der Waals surface area contributed by atoms with Gasteiger partial charge in [-0.2, -0.15) is 0 Å². The van der Waals surface area contributed by atoms with Crippen LogP contribution in [-0.4, -0.2) is 24.2 Å². The van der Waals surface area contributed by atoms with Crippen LogP contribution in [-0.2, 0) is 16.1 Å². The maximum atomic E-state index is 11.9. The van der Waals surface area contributed by atoms with Crippen molar-refractivity contribution in [2.75, 3.05) is 7.11 Å². The Morgan fingerprint density at radius 3 is 2.59 bits per heavy atom. The van der Waals surface area contributed by atoms with E-state index in [1.807, 2.05) is 0 Å². The first-order valence-electron chi connectivity index (χ1n) is 6.34. The number of hydrogen-bond acceptors (Lipinski definition) is 5. The summed E-state index contributed by atoms with van der Waals surface area (Å²) < 4.78 is 9.73. The fourth-order valence-electron chi connectivity index (χ4n) is 1.81. The number of ether oxygens (including phenoxy) is 2. The van der Waals surface area contributed by atoms with Crippen LogP contribution in [0.5, 0.6) is 5.75 Å². The third kappa shape index (κ3) is 3.77. The van der Waals surface area contributed by atoms with Gasteiger partial charge < -0.3 is 14.6 Å². The van der Waals surface area contributed by atoms with Crippen LogP contribution in [0.4, 0.5) is 0 Å². The van der Waals surface area contributed by atoms with Gasteiger partial charge in [-0.25, -0.2) is 9.59 Å². The summed E-state index contributed by atoms with van der Waals surface area (Å²) in [5, 5.41) is 9.98. The molecule has 2 rings (SSSR count). The number of rotatable bonds is 4. The monoisotopic (exact) mass is 320 g/mol. The largest absolute Gasteiger partial charge is 0.507 e. The molecule has 0 aliphatic heterocycles. The van der Waals surface area contributed by atoms with Crippen LogP contribution < -0.4 is 0 Å². The Morgan fingerprint density at radius 2 is 1.91 bits per heavy atom. The highest BCUT2D eigenvalue weighted by atomic mass is 35.5. The van der Waals surface area contributed by atoms with Crippen molar-refractivity contribution in [3.8, 4) is 5.75 Å². The van der Waals surface area contributed by atoms with E-state index in [4.69, 9.17) is 16.3 Å². The highest BCUT2D eigenvalue weighted by Crippen LogP contribution is 2.23. The molecule has 5 nitrogen and oxygen atoms in total. The molecule has 0 unspecified atom stereocenters. The van der Waals surface area contributed by atoms with E-state index in [9.17, 15) is 14.7 Å². The second-order valence-electron chi connectivity index (χ2n) is 4.43. The molecule has 0 heterocycles. The van der Waals surface area contributed by atoms with Crippen LogP contribution in [0.15, 0.2) is 42.5 Å². The summed E-state index contributed by atoms with van der Waals surface area (Å²) in [6.07, 6.45) is 0. The lowest BCUT2D eigenvalue weighted by Gasteiger charge is -2.07. The molecule has 1 N–H and O–H groups in total. The van der Waals surface area contributed by atoms with Crippen molar-refractivity contribution in [2.24, 2.45) is 0 Å². The number of phenolic OH excluding ortho intramolecular Hbond substituents is 1. The van der Waals surface area contributed by atoms with Gasteiger partial charge in [0.15, 0.2) is 0 Å². The molecule has 114 valence electrons. The average Bonchev–Trinajstić information content (AvgIpc) is 2.52. The number of esters is 2. The molecule has 0 radical (unpaired) electrons. The van der Waals surface area contributed by atoms with Crippen molar-refractivity contribution in [1.29, 1.82) is 0 Å². The van der Waals surface area contributed by atoms with E-state index in [0.717, 1.165) is 0 Å². The molecule has 0 amide bonds. The maximum Gasteiger partial charge on any atom is 0.342 e. The van der Waals surface area contributed by atoms with Crippen molar-refractivity contribution in [3.05, 3.63) is 64.2 Å². The molecule has 0 aromatic heterocycles. The zero-order valence-corrected chi connectivity index (χ0v) is 12.5. The third-order valence-electron chi connectivity index (χ3n) is 2.90. The van der Waals surface area contributed by atoms with E-state index in [2.05, 4.69) is 4.74 Å². The topological polar surface area (TPSA) is 72.8 Å². The minimum absolute atomic E-state index is 0.0218. The lowest BCUT2D eigenvalue weighted by atomic mass is 10.1. The molecule has 0 aliphatic carbocycles. The van der Waals surface area contributed by atoms with Crippen LogP contribution in [0.1, 0.15) is 26.3 Å². The van der Waals surface area contributed by atoms with Crippen molar-refractivity contribution in [3.63, 3.8) is 0 Å². The average molecular weight is 321 g/mol. The fourth-order valence-corrected chi connectivity index (χ4v) is 1.98. The van der Waals surface area contributed by atoms with Crippen molar-refractivity contribution in [2.45, 2.75) is 6.61 Å². The van der Waals surface area contributed by atoms with Crippen molar-refractivity contribution >= 4 is 23.5 Å². The molecule has 0 spiro atoms. The Bertz CT molecular complexity index is 711. The highest BCUT2D eigenvalue weighted by Gasteiger charge is 2.13. The quantitative estimate of drug-likeness (QED) is 0.876. The molecule has 6 heteroatoms. The van der Waals surface area contributed by atoms with Crippen molar-refractivity contribution in [1.82, 2.24) is 0 Å². The molecule has 2 aromatic carbocycles. The molecule has 2 aromatic rings. The number of halogens is 1. The van der Waals surface area contributed by atoms with E-state index < -0.39 is 11.9 Å². The molecule has 0 fully saturated rings. The third-order valence-corrected chi connectivity index (χ3v) is 3.13. The fraction of sp³-hybridized carbons (Fsp3) is 0.125. The summed E-state index contributed by atoms with van der Waals surface area (Å²) in [7, 11) is 1.29. The van der Waals surface area contributed by atoms with Gasteiger partial charge in [0.1, 0.15) is 17.9 Å². The van der Waals surface area contributed by atoms with Gasteiger partial charge in [-0.3, -0.25) is 0 Å². The predicted molar refractivity (Wildman–Crippen MR) is 80.0 cm³/mol. The summed E-state index contributed by atoms with van der Waals surface area (Å²) in [5.74, 6) is -1.40. The summed E-state index contributed by atoms with van der Waals surface area (Å²) in [5.41, 5.74) is 1.02. The van der Waals surface area contributed by atoms with Gasteiger partial charge in [-0.15, -0.1) is 0 Å². The van der Waals surface area contributed by atoms with Crippen LogP contribution in [0.2, 0.25) is 5.02 Å². The Balaban J connectivity index is 2.06. The van der Waals surface area contributed by atoms with Gasteiger partial charge in [-0.05, 0) is 35.9 Å². The molecular formula is C16H13ClO5. The standard InChI is InChI=1S/C16H13ClO5/c1-21-15(19)11-4-2-3-10(7-11)9-22-16(20)13-6-5-12(17)8-14(13)18/h2-8,18H,9H2,1H3. The van der Waals surface area contributed by atoms with Crippen LogP contribution in [0.3, 0.4) is 0 Å². The smallest absolute Gasteiger partial charge is 0.342 e. The van der Waals surface area contributed by atoms with Gasteiger partial charge in [0.2, 0.25) is 0 Å². The number of carbonyl (C=O) groups is 2. The molecule has 0 saturated heterocycles. The lowest BCUT2D eigenvalue weighted by molar-refractivity contribution is 0.0469. The minimum atomic E-state index is -0.683. The zero-order chi connectivity index (χ0) is 16.1. The maximum absolute atomic E-state index is 11.9. The zero-order valence-electron chi connectivity index (χ0n) is 11.7. The van der Waals surface area contributed by atoms with E-state index in [-0.39, 0.29) is 17.9 Å². The van der Waals surface area contributed by atoms with E-state index >= 15 is 0 Å². The van der Waals surface area contributed by atoms with Gasteiger partial charge >= 0.3 is 11.9 Å². The van der Waals surface area contributed by atoms with Crippen LogP contribution in [0, 0.1) is 0 Å². The molecule has 22 heavy (non-hydrogen) atoms. The minimum Gasteiger partial charge on any atom is -0.507 e. The first-order chi connectivity index (χ1) is 10.5. The molecule has 0 saturated carbocycles. The normalized spacial score (nSPS) is 10.1. The highest BCUT2D eigenvalue weighted by molar-refractivity contribution is 6.30. The number of aromatic hydroxyl groups is 1. The predicted octanol–water partition coefficient (Wildman–Crippen LogP) is 3.19. The van der Waals surface area contributed by atoms with Gasteiger partial charge in [0, 0.05) is 5.02 Å². The first-order valence-corrected chi connectivity index (χ1v) is 6.72. The van der Waals surface area contributed by atoms with Crippen LogP contribution >= 0.6 is 11.6 Å². The Morgan fingerprint density at radius 1 is 1.14 bits per heavy atom. The molecule has 0 aliphatic rings. The lowest BCUT2D eigenvalue weighted by Crippen LogP contribution is -2.07. The first kappa shape index (κ1) is 15.9. The number of phenols is 1. The van der Waals surface area contributed by atoms with Gasteiger partial charge in [0.25, 0.3) is 0 Å². The van der Waals surface area contributed by atoms with Crippen molar-refractivity contribution < 1.29 is 24.2 Å². The molecule has 0 bridgehead atoms. The van der Waals surface area contributed by atoms with E-state index in [0.29, 0.717) is 16.1 Å². The second-order valence-corrected chi connectivity index (χ2v) is 4.87.